The highest BCUT2D eigenvalue weighted by Gasteiger charge is 2.21. The number of aryl methyl sites for hydroxylation is 1. The molecule has 0 aliphatic heterocycles. The van der Waals surface area contributed by atoms with Crippen LogP contribution < -0.4 is 16.4 Å². The maximum absolute atomic E-state index is 11.9. The zero-order valence-electron chi connectivity index (χ0n) is 12.9. The molecule has 1 aromatic rings. The van der Waals surface area contributed by atoms with Crippen LogP contribution in [0.2, 0.25) is 0 Å². The predicted octanol–water partition coefficient (Wildman–Crippen LogP) is 2.10. The van der Waals surface area contributed by atoms with Crippen LogP contribution in [0.3, 0.4) is 0 Å². The van der Waals surface area contributed by atoms with Gasteiger partial charge in [0.2, 0.25) is 11.8 Å². The molecule has 2 rings (SSSR count). The average molecular weight is 326 g/mol. The van der Waals surface area contributed by atoms with E-state index in [4.69, 9.17) is 5.73 Å². The molecular formula is C16H24ClN3O2. The highest BCUT2D eigenvalue weighted by atomic mass is 35.5. The maximum atomic E-state index is 11.9. The van der Waals surface area contributed by atoms with Crippen molar-refractivity contribution in [3.05, 3.63) is 29.3 Å². The van der Waals surface area contributed by atoms with Gasteiger partial charge in [-0.25, -0.2) is 0 Å². The summed E-state index contributed by atoms with van der Waals surface area (Å²) in [6.07, 6.45) is 4.19. The van der Waals surface area contributed by atoms with Gasteiger partial charge < -0.3 is 16.4 Å². The molecule has 1 atom stereocenters. The molecule has 0 bridgehead atoms. The number of carbonyl (C=O) groups is 2. The second-order valence-corrected chi connectivity index (χ2v) is 5.50. The highest BCUT2D eigenvalue weighted by molar-refractivity contribution is 5.85. The van der Waals surface area contributed by atoms with Gasteiger partial charge in [-0.3, -0.25) is 9.59 Å². The lowest BCUT2D eigenvalue weighted by atomic mass is 9.87. The first kappa shape index (κ1) is 18.3. The zero-order chi connectivity index (χ0) is 15.2. The van der Waals surface area contributed by atoms with Crippen LogP contribution in [0.1, 0.15) is 49.8 Å². The Balaban J connectivity index is 0.00000242. The van der Waals surface area contributed by atoms with E-state index in [0.717, 1.165) is 36.9 Å². The molecule has 1 aliphatic rings. The minimum absolute atomic E-state index is 0. The van der Waals surface area contributed by atoms with E-state index in [2.05, 4.69) is 10.6 Å². The van der Waals surface area contributed by atoms with Crippen molar-refractivity contribution in [3.63, 3.8) is 0 Å². The molecule has 0 heterocycles. The summed E-state index contributed by atoms with van der Waals surface area (Å²) in [6, 6.07) is 5.86. The lowest BCUT2D eigenvalue weighted by Crippen LogP contribution is -2.39. The Hall–Kier alpha value is -1.75. The van der Waals surface area contributed by atoms with Crippen LogP contribution in [-0.2, 0) is 16.0 Å². The lowest BCUT2D eigenvalue weighted by Gasteiger charge is -2.26. The van der Waals surface area contributed by atoms with Crippen molar-refractivity contribution in [1.29, 1.82) is 0 Å². The molecule has 0 radical (unpaired) electrons. The number of anilines is 1. The molecule has 0 saturated carbocycles. The van der Waals surface area contributed by atoms with E-state index in [1.54, 1.807) is 0 Å². The van der Waals surface area contributed by atoms with Crippen LogP contribution >= 0.6 is 12.4 Å². The van der Waals surface area contributed by atoms with Gasteiger partial charge in [0.1, 0.15) is 0 Å². The molecule has 4 N–H and O–H groups in total. The third kappa shape index (κ3) is 4.91. The number of rotatable bonds is 5. The number of halogens is 1. The summed E-state index contributed by atoms with van der Waals surface area (Å²) < 4.78 is 0. The van der Waals surface area contributed by atoms with Crippen LogP contribution in [0, 0.1) is 0 Å². The summed E-state index contributed by atoms with van der Waals surface area (Å²) in [6.45, 7) is 1.98. The van der Waals surface area contributed by atoms with E-state index in [1.165, 1.54) is 5.56 Å². The minimum Gasteiger partial charge on any atom is -0.399 e. The van der Waals surface area contributed by atoms with Crippen molar-refractivity contribution < 1.29 is 9.59 Å². The van der Waals surface area contributed by atoms with Crippen molar-refractivity contribution in [2.24, 2.45) is 0 Å². The first-order valence-electron chi connectivity index (χ1n) is 7.54. The number of hydrogen-bond acceptors (Lipinski definition) is 3. The second kappa shape index (κ2) is 8.63. The molecule has 1 aliphatic carbocycles. The third-order valence-electron chi connectivity index (χ3n) is 3.74. The minimum atomic E-state index is -0.144. The van der Waals surface area contributed by atoms with Crippen LogP contribution in [0.25, 0.3) is 0 Å². The van der Waals surface area contributed by atoms with E-state index < -0.39 is 0 Å². The molecular weight excluding hydrogens is 302 g/mol. The van der Waals surface area contributed by atoms with E-state index in [1.807, 2.05) is 25.1 Å². The fourth-order valence-corrected chi connectivity index (χ4v) is 2.72. The quantitative estimate of drug-likeness (QED) is 0.725. The zero-order valence-corrected chi connectivity index (χ0v) is 13.7. The molecule has 6 heteroatoms. The summed E-state index contributed by atoms with van der Waals surface area (Å²) in [5, 5.41) is 5.63. The largest absolute Gasteiger partial charge is 0.399 e. The fraction of sp³-hybridized carbons (Fsp3) is 0.500. The van der Waals surface area contributed by atoms with Gasteiger partial charge in [-0.05, 0) is 48.9 Å². The highest BCUT2D eigenvalue weighted by Crippen LogP contribution is 2.30. The van der Waals surface area contributed by atoms with E-state index in [9.17, 15) is 9.59 Å². The summed E-state index contributed by atoms with van der Waals surface area (Å²) in [5.41, 5.74) is 8.91. The van der Waals surface area contributed by atoms with Crippen LogP contribution in [-0.4, -0.2) is 18.4 Å². The fourth-order valence-electron chi connectivity index (χ4n) is 2.72. The first-order valence-corrected chi connectivity index (χ1v) is 7.54. The van der Waals surface area contributed by atoms with E-state index in [-0.39, 0.29) is 36.8 Å². The third-order valence-corrected chi connectivity index (χ3v) is 3.74. The molecule has 22 heavy (non-hydrogen) atoms. The van der Waals surface area contributed by atoms with Gasteiger partial charge in [-0.2, -0.15) is 0 Å². The number of hydrogen-bond donors (Lipinski definition) is 3. The molecule has 2 amide bonds. The number of benzene rings is 1. The van der Waals surface area contributed by atoms with Gasteiger partial charge in [0, 0.05) is 12.1 Å². The number of carbonyl (C=O) groups excluding carboxylic acids is 2. The van der Waals surface area contributed by atoms with Crippen molar-refractivity contribution >= 4 is 29.9 Å². The van der Waals surface area contributed by atoms with Gasteiger partial charge in [-0.1, -0.05) is 13.0 Å². The van der Waals surface area contributed by atoms with Crippen molar-refractivity contribution in [3.8, 4) is 0 Å². The summed E-state index contributed by atoms with van der Waals surface area (Å²) in [4.78, 5) is 23.3. The van der Waals surface area contributed by atoms with Crippen molar-refractivity contribution in [2.45, 2.75) is 45.1 Å². The number of nitrogen functional groups attached to an aromatic ring is 1. The second-order valence-electron chi connectivity index (χ2n) is 5.50. The summed E-state index contributed by atoms with van der Waals surface area (Å²) in [5.74, 6) is -0.224. The molecule has 1 aromatic carbocycles. The Morgan fingerprint density at radius 2 is 2.09 bits per heavy atom. The maximum Gasteiger partial charge on any atom is 0.239 e. The Labute approximate surface area is 137 Å². The SMILES string of the molecule is CCCC(=O)NCC(=O)NC1CCCc2cc(N)ccc21.Cl. The number of nitrogens with one attached hydrogen (secondary N) is 2. The van der Waals surface area contributed by atoms with Gasteiger partial charge in [0.05, 0.1) is 12.6 Å². The van der Waals surface area contributed by atoms with E-state index >= 15 is 0 Å². The standard InChI is InChI=1S/C16H23N3O2.ClH/c1-2-4-15(20)18-10-16(21)19-14-6-3-5-11-9-12(17)7-8-13(11)14;/h7-9,14H,2-6,10,17H2,1H3,(H,18,20)(H,19,21);1H. The van der Waals surface area contributed by atoms with Crippen LogP contribution in [0.4, 0.5) is 5.69 Å². The smallest absolute Gasteiger partial charge is 0.239 e. The average Bonchev–Trinajstić information content (AvgIpc) is 2.45. The van der Waals surface area contributed by atoms with E-state index in [0.29, 0.717) is 6.42 Å². The number of nitrogens with two attached hydrogens (primary N) is 1. The van der Waals surface area contributed by atoms with Gasteiger partial charge >= 0.3 is 0 Å². The van der Waals surface area contributed by atoms with Gasteiger partial charge in [0.15, 0.2) is 0 Å². The molecule has 0 aromatic heterocycles. The molecule has 0 spiro atoms. The van der Waals surface area contributed by atoms with Crippen molar-refractivity contribution in [1.82, 2.24) is 10.6 Å². The first-order chi connectivity index (χ1) is 10.1. The molecule has 0 fully saturated rings. The Morgan fingerprint density at radius 3 is 2.82 bits per heavy atom. The molecule has 122 valence electrons. The van der Waals surface area contributed by atoms with Crippen LogP contribution in [0.5, 0.6) is 0 Å². The predicted molar refractivity (Wildman–Crippen MR) is 89.8 cm³/mol. The molecule has 1 unspecified atom stereocenters. The van der Waals surface area contributed by atoms with Gasteiger partial charge in [0.25, 0.3) is 0 Å². The Kier molecular flexibility index (Phi) is 7.18. The lowest BCUT2D eigenvalue weighted by molar-refractivity contribution is -0.126. The van der Waals surface area contributed by atoms with Gasteiger partial charge in [-0.15, -0.1) is 12.4 Å². The summed E-state index contributed by atoms with van der Waals surface area (Å²) in [7, 11) is 0. The number of amides is 2. The normalized spacial score (nSPS) is 16.1. The van der Waals surface area contributed by atoms with Crippen molar-refractivity contribution in [2.75, 3.05) is 12.3 Å². The topological polar surface area (TPSA) is 84.2 Å². The molecule has 0 saturated heterocycles. The summed E-state index contributed by atoms with van der Waals surface area (Å²) >= 11 is 0. The van der Waals surface area contributed by atoms with Crippen LogP contribution in [0.15, 0.2) is 18.2 Å². The Morgan fingerprint density at radius 1 is 1.32 bits per heavy atom. The monoisotopic (exact) mass is 325 g/mol. The number of fused-ring (bicyclic) bond motifs is 1. The molecule has 5 nitrogen and oxygen atoms in total. The Bertz CT molecular complexity index is 534.